The summed E-state index contributed by atoms with van der Waals surface area (Å²) in [5, 5.41) is 1.04. The predicted octanol–water partition coefficient (Wildman–Crippen LogP) is 6.18. The fourth-order valence-corrected chi connectivity index (χ4v) is 4.40. The number of methoxy groups -OCH3 is 2. The van der Waals surface area contributed by atoms with Crippen LogP contribution in [0.4, 0.5) is 0 Å². The number of hydrogen-bond donors (Lipinski definition) is 0. The number of rotatable bonds is 9. The summed E-state index contributed by atoms with van der Waals surface area (Å²) in [5.74, 6) is 2.58. The van der Waals surface area contributed by atoms with E-state index in [9.17, 15) is 4.79 Å². The highest BCUT2D eigenvalue weighted by molar-refractivity contribution is 7.99. The zero-order valence-corrected chi connectivity index (χ0v) is 20.1. The van der Waals surface area contributed by atoms with E-state index in [0.717, 1.165) is 16.9 Å². The Morgan fingerprint density at radius 1 is 0.886 bits per heavy atom. The molecule has 0 atom stereocenters. The zero-order chi connectivity index (χ0) is 24.2. The lowest BCUT2D eigenvalue weighted by Gasteiger charge is -2.12. The standard InChI is InChI=1S/C27H23NO6S/c1-30-18-10-8-17(9-11-18)25-26(24(29)20-13-12-19(31-2)16-23(20)33-25)32-14-5-15-35-27-28-21-6-3-4-7-22(21)34-27/h3-4,6-13,16H,5,14-15H2,1-2H3. The fraction of sp³-hybridized carbons (Fsp3) is 0.185. The van der Waals surface area contributed by atoms with Crippen LogP contribution in [0.1, 0.15) is 6.42 Å². The molecule has 0 aliphatic heterocycles. The molecule has 5 aromatic rings. The molecule has 0 aliphatic rings. The van der Waals surface area contributed by atoms with Crippen molar-refractivity contribution in [1.29, 1.82) is 0 Å². The van der Waals surface area contributed by atoms with E-state index in [-0.39, 0.29) is 11.2 Å². The van der Waals surface area contributed by atoms with Gasteiger partial charge in [0.15, 0.2) is 11.3 Å². The molecule has 7 nitrogen and oxygen atoms in total. The molecule has 5 rings (SSSR count). The lowest BCUT2D eigenvalue weighted by atomic mass is 10.1. The second kappa shape index (κ2) is 10.1. The molecule has 0 amide bonds. The van der Waals surface area contributed by atoms with Crippen molar-refractivity contribution in [2.24, 2.45) is 0 Å². The van der Waals surface area contributed by atoms with Gasteiger partial charge in [-0.1, -0.05) is 23.9 Å². The monoisotopic (exact) mass is 489 g/mol. The minimum absolute atomic E-state index is 0.180. The van der Waals surface area contributed by atoms with Crippen LogP contribution in [0.25, 0.3) is 33.4 Å². The van der Waals surface area contributed by atoms with Crippen LogP contribution in [0, 0.1) is 0 Å². The number of benzene rings is 3. The highest BCUT2D eigenvalue weighted by Gasteiger charge is 2.18. The first-order valence-corrected chi connectivity index (χ1v) is 12.1. The van der Waals surface area contributed by atoms with Crippen molar-refractivity contribution in [3.05, 3.63) is 77.0 Å². The number of aromatic nitrogens is 1. The number of oxazole rings is 1. The van der Waals surface area contributed by atoms with E-state index in [1.807, 2.05) is 48.5 Å². The van der Waals surface area contributed by atoms with Crippen molar-refractivity contribution in [2.45, 2.75) is 11.6 Å². The summed E-state index contributed by atoms with van der Waals surface area (Å²) >= 11 is 1.51. The highest BCUT2D eigenvalue weighted by atomic mass is 32.2. The first-order valence-electron chi connectivity index (χ1n) is 11.1. The van der Waals surface area contributed by atoms with Gasteiger partial charge in [-0.05, 0) is 55.0 Å². The lowest BCUT2D eigenvalue weighted by Crippen LogP contribution is -2.11. The van der Waals surface area contributed by atoms with Gasteiger partial charge in [0.05, 0.1) is 26.2 Å². The molecule has 0 unspecified atom stereocenters. The van der Waals surface area contributed by atoms with Crippen LogP contribution in [-0.2, 0) is 0 Å². The molecule has 2 aromatic heterocycles. The summed E-state index contributed by atoms with van der Waals surface area (Å²) in [5.41, 5.74) is 2.51. The second-order valence-electron chi connectivity index (χ2n) is 7.68. The lowest BCUT2D eigenvalue weighted by molar-refractivity contribution is 0.310. The maximum atomic E-state index is 13.3. The van der Waals surface area contributed by atoms with Crippen molar-refractivity contribution < 1.29 is 23.0 Å². The van der Waals surface area contributed by atoms with Gasteiger partial charge in [0, 0.05) is 17.4 Å². The van der Waals surface area contributed by atoms with Gasteiger partial charge in [-0.2, -0.15) is 0 Å². The third-order valence-corrected chi connectivity index (χ3v) is 6.36. The minimum Gasteiger partial charge on any atom is -0.497 e. The van der Waals surface area contributed by atoms with E-state index in [1.165, 1.54) is 11.8 Å². The summed E-state index contributed by atoms with van der Waals surface area (Å²) in [6, 6.07) is 20.1. The van der Waals surface area contributed by atoms with Crippen molar-refractivity contribution >= 4 is 33.8 Å². The molecule has 0 spiro atoms. The van der Waals surface area contributed by atoms with Crippen molar-refractivity contribution in [3.63, 3.8) is 0 Å². The Labute approximate surface area is 205 Å². The van der Waals surface area contributed by atoms with Gasteiger partial charge in [-0.3, -0.25) is 4.79 Å². The summed E-state index contributed by atoms with van der Waals surface area (Å²) in [6.45, 7) is 0.336. The highest BCUT2D eigenvalue weighted by Crippen LogP contribution is 2.33. The van der Waals surface area contributed by atoms with E-state index in [4.69, 9.17) is 23.0 Å². The molecule has 178 valence electrons. The van der Waals surface area contributed by atoms with Crippen molar-refractivity contribution in [1.82, 2.24) is 4.98 Å². The minimum atomic E-state index is -0.230. The number of hydrogen-bond acceptors (Lipinski definition) is 8. The molecule has 0 saturated carbocycles. The van der Waals surface area contributed by atoms with Gasteiger partial charge in [-0.15, -0.1) is 0 Å². The fourth-order valence-electron chi connectivity index (χ4n) is 3.65. The van der Waals surface area contributed by atoms with E-state index in [0.29, 0.717) is 52.0 Å². The molecule has 0 saturated heterocycles. The molecule has 3 aromatic carbocycles. The van der Waals surface area contributed by atoms with Crippen molar-refractivity contribution in [3.8, 4) is 28.6 Å². The molecular formula is C27H23NO6S. The van der Waals surface area contributed by atoms with E-state index < -0.39 is 0 Å². The van der Waals surface area contributed by atoms with Gasteiger partial charge in [0.1, 0.15) is 22.6 Å². The Kier molecular flexibility index (Phi) is 6.63. The number of para-hydroxylation sites is 2. The number of nitrogens with zero attached hydrogens (tertiary/aromatic N) is 1. The Morgan fingerprint density at radius 3 is 2.43 bits per heavy atom. The van der Waals surface area contributed by atoms with Crippen LogP contribution in [0.15, 0.2) is 85.6 Å². The van der Waals surface area contributed by atoms with Gasteiger partial charge < -0.3 is 23.0 Å². The largest absolute Gasteiger partial charge is 0.497 e. The van der Waals surface area contributed by atoms with Crippen LogP contribution in [0.5, 0.6) is 17.2 Å². The quantitative estimate of drug-likeness (QED) is 0.179. The summed E-state index contributed by atoms with van der Waals surface area (Å²) in [4.78, 5) is 17.8. The summed E-state index contributed by atoms with van der Waals surface area (Å²) in [6.07, 6.45) is 0.686. The predicted molar refractivity (Wildman–Crippen MR) is 136 cm³/mol. The second-order valence-corrected chi connectivity index (χ2v) is 8.72. The topological polar surface area (TPSA) is 83.9 Å². The molecule has 0 bridgehead atoms. The maximum Gasteiger partial charge on any atom is 0.256 e. The van der Waals surface area contributed by atoms with Gasteiger partial charge in [0.2, 0.25) is 11.2 Å². The van der Waals surface area contributed by atoms with Crippen molar-refractivity contribution in [2.75, 3.05) is 26.6 Å². The summed E-state index contributed by atoms with van der Waals surface area (Å²) < 4.78 is 28.5. The third-order valence-electron chi connectivity index (χ3n) is 5.44. The number of thioether (sulfide) groups is 1. The third kappa shape index (κ3) is 4.83. The van der Waals surface area contributed by atoms with E-state index >= 15 is 0 Å². The van der Waals surface area contributed by atoms with Gasteiger partial charge >= 0.3 is 0 Å². The smallest absolute Gasteiger partial charge is 0.256 e. The van der Waals surface area contributed by atoms with Gasteiger partial charge in [0.25, 0.3) is 5.22 Å². The van der Waals surface area contributed by atoms with Crippen LogP contribution >= 0.6 is 11.8 Å². The molecule has 35 heavy (non-hydrogen) atoms. The number of ether oxygens (including phenoxy) is 3. The zero-order valence-electron chi connectivity index (χ0n) is 19.3. The Bertz CT molecular complexity index is 1490. The molecule has 8 heteroatoms. The molecule has 0 radical (unpaired) electrons. The molecular weight excluding hydrogens is 466 g/mol. The van der Waals surface area contributed by atoms with E-state index in [1.54, 1.807) is 32.4 Å². The van der Waals surface area contributed by atoms with Crippen LogP contribution in [0.3, 0.4) is 0 Å². The first kappa shape index (κ1) is 22.9. The summed E-state index contributed by atoms with van der Waals surface area (Å²) in [7, 11) is 3.17. The average molecular weight is 490 g/mol. The maximum absolute atomic E-state index is 13.3. The molecule has 0 aliphatic carbocycles. The van der Waals surface area contributed by atoms with Crippen LogP contribution in [-0.4, -0.2) is 31.6 Å². The molecule has 2 heterocycles. The van der Waals surface area contributed by atoms with E-state index in [2.05, 4.69) is 4.98 Å². The SMILES string of the molecule is COc1ccc(-c2oc3cc(OC)ccc3c(=O)c2OCCCSc2nc3ccccc3o2)cc1. The Morgan fingerprint density at radius 2 is 1.66 bits per heavy atom. The Hall–Kier alpha value is -3.91. The molecule has 0 N–H and O–H groups in total. The normalized spacial score (nSPS) is 11.1. The molecule has 0 fully saturated rings. The van der Waals surface area contributed by atoms with Gasteiger partial charge in [-0.25, -0.2) is 4.98 Å². The average Bonchev–Trinajstić information content (AvgIpc) is 3.32. The first-order chi connectivity index (χ1) is 17.2. The van der Waals surface area contributed by atoms with Crippen LogP contribution in [0.2, 0.25) is 0 Å². The Balaban J connectivity index is 1.36. The number of fused-ring (bicyclic) bond motifs is 2. The van der Waals surface area contributed by atoms with Crippen LogP contribution < -0.4 is 19.6 Å².